The highest BCUT2D eigenvalue weighted by molar-refractivity contribution is 5.80. The fraction of sp³-hybridized carbons (Fsp3) is 0.500. The highest BCUT2D eigenvalue weighted by Crippen LogP contribution is 2.01. The Hall–Kier alpha value is -2.16. The lowest BCUT2D eigenvalue weighted by Crippen LogP contribution is -2.50. The molecule has 96 valence electrons. The van der Waals surface area contributed by atoms with Crippen LogP contribution in [0.4, 0.5) is 0 Å². The van der Waals surface area contributed by atoms with E-state index in [1.807, 2.05) is 0 Å². The number of ether oxygens (including phenoxy) is 1. The monoisotopic (exact) mass is 248 g/mol. The van der Waals surface area contributed by atoms with Crippen LogP contribution in [0.15, 0.2) is 0 Å². The number of primary amides is 1. The number of hydrogen-bond donors (Lipinski definition) is 3. The molecule has 0 aliphatic heterocycles. The topological polar surface area (TPSA) is 147 Å². The first-order chi connectivity index (χ1) is 7.88. The molecule has 0 bridgehead atoms. The van der Waals surface area contributed by atoms with Crippen molar-refractivity contribution in [2.24, 2.45) is 5.73 Å². The van der Waals surface area contributed by atoms with Crippen LogP contribution >= 0.6 is 0 Å². The van der Waals surface area contributed by atoms with E-state index >= 15 is 0 Å². The summed E-state index contributed by atoms with van der Waals surface area (Å²) in [7, 11) is 0. The molecule has 1 amide bonds. The lowest BCUT2D eigenvalue weighted by molar-refractivity contribution is -0.150. The maximum absolute atomic E-state index is 10.8. The van der Waals surface area contributed by atoms with Gasteiger partial charge in [-0.3, -0.25) is 24.1 Å². The van der Waals surface area contributed by atoms with Gasteiger partial charge in [0.05, 0.1) is 13.1 Å². The minimum atomic E-state index is -1.44. The molecule has 1 unspecified atom stereocenters. The lowest BCUT2D eigenvalue weighted by atomic mass is 10.2. The van der Waals surface area contributed by atoms with Crippen molar-refractivity contribution < 1.29 is 34.1 Å². The van der Waals surface area contributed by atoms with E-state index in [9.17, 15) is 19.2 Å². The molecule has 0 aromatic rings. The largest absolute Gasteiger partial charge is 0.480 e. The first kappa shape index (κ1) is 14.8. The van der Waals surface area contributed by atoms with Crippen LogP contribution in [0.1, 0.15) is 0 Å². The molecule has 0 rings (SSSR count). The zero-order valence-electron chi connectivity index (χ0n) is 8.74. The van der Waals surface area contributed by atoms with E-state index in [2.05, 4.69) is 4.74 Å². The van der Waals surface area contributed by atoms with Crippen molar-refractivity contribution in [1.82, 2.24) is 4.90 Å². The van der Waals surface area contributed by atoms with Crippen molar-refractivity contribution >= 4 is 24.3 Å². The Balaban J connectivity index is 4.77. The first-order valence-corrected chi connectivity index (χ1v) is 4.40. The van der Waals surface area contributed by atoms with Gasteiger partial charge in [0.25, 0.3) is 6.47 Å². The zero-order valence-corrected chi connectivity index (χ0v) is 8.74. The van der Waals surface area contributed by atoms with Gasteiger partial charge in [0.2, 0.25) is 5.91 Å². The van der Waals surface area contributed by atoms with Crippen LogP contribution in [0.3, 0.4) is 0 Å². The number of hydrogen-bond acceptors (Lipinski definition) is 6. The van der Waals surface area contributed by atoms with Gasteiger partial charge >= 0.3 is 11.9 Å². The summed E-state index contributed by atoms with van der Waals surface area (Å²) in [5.41, 5.74) is 4.86. The Bertz CT molecular complexity index is 301. The molecule has 0 aromatic heterocycles. The number of amides is 1. The number of nitrogens with two attached hydrogens (primary N) is 1. The molecule has 4 N–H and O–H groups in total. The molecule has 17 heavy (non-hydrogen) atoms. The van der Waals surface area contributed by atoms with Crippen LogP contribution in [0, 0.1) is 0 Å². The van der Waals surface area contributed by atoms with E-state index in [1.54, 1.807) is 0 Å². The highest BCUT2D eigenvalue weighted by atomic mass is 16.5. The smallest absolute Gasteiger partial charge is 0.324 e. The maximum atomic E-state index is 10.8. The molecular formula is C8H12N2O7. The molecule has 1 atom stereocenters. The highest BCUT2D eigenvalue weighted by Gasteiger charge is 2.29. The number of carboxylic acid groups (broad SMARTS) is 2. The molecule has 0 saturated carbocycles. The van der Waals surface area contributed by atoms with E-state index in [1.165, 1.54) is 0 Å². The van der Waals surface area contributed by atoms with Crippen molar-refractivity contribution in [3.8, 4) is 0 Å². The van der Waals surface area contributed by atoms with Gasteiger partial charge in [-0.05, 0) is 0 Å². The minimum Gasteiger partial charge on any atom is -0.480 e. The lowest BCUT2D eigenvalue weighted by Gasteiger charge is -2.24. The van der Waals surface area contributed by atoms with Crippen LogP contribution in [-0.4, -0.2) is 65.2 Å². The fourth-order valence-electron chi connectivity index (χ4n) is 1.11. The third kappa shape index (κ3) is 6.10. The summed E-state index contributed by atoms with van der Waals surface area (Å²) < 4.78 is 4.25. The number of nitrogens with zero attached hydrogens (tertiary/aromatic N) is 1. The van der Waals surface area contributed by atoms with E-state index in [0.29, 0.717) is 0 Å². The van der Waals surface area contributed by atoms with Crippen LogP contribution in [0.25, 0.3) is 0 Å². The Kier molecular flexibility index (Phi) is 6.26. The van der Waals surface area contributed by atoms with Gasteiger partial charge in [0, 0.05) is 0 Å². The minimum absolute atomic E-state index is 0.0269. The zero-order chi connectivity index (χ0) is 13.4. The second-order valence-electron chi connectivity index (χ2n) is 3.05. The summed E-state index contributed by atoms with van der Waals surface area (Å²) in [5, 5.41) is 17.4. The predicted octanol–water partition coefficient (Wildman–Crippen LogP) is -2.52. The number of carbonyl (C=O) groups is 4. The molecular weight excluding hydrogens is 236 g/mol. The summed E-state index contributed by atoms with van der Waals surface area (Å²) in [4.78, 5) is 42.7. The molecule has 9 heteroatoms. The predicted molar refractivity (Wildman–Crippen MR) is 51.8 cm³/mol. The average Bonchev–Trinajstić information content (AvgIpc) is 2.15. The van der Waals surface area contributed by atoms with Crippen LogP contribution in [0.5, 0.6) is 0 Å². The molecule has 0 aromatic carbocycles. The number of aliphatic carboxylic acids is 2. The van der Waals surface area contributed by atoms with Crippen LogP contribution in [-0.2, 0) is 23.9 Å². The fourth-order valence-corrected chi connectivity index (χ4v) is 1.11. The van der Waals surface area contributed by atoms with Gasteiger partial charge in [-0.25, -0.2) is 0 Å². The molecule has 0 fully saturated rings. The van der Waals surface area contributed by atoms with Crippen molar-refractivity contribution in [3.63, 3.8) is 0 Å². The molecule has 0 aliphatic rings. The van der Waals surface area contributed by atoms with E-state index in [4.69, 9.17) is 15.9 Å². The second kappa shape index (κ2) is 7.17. The summed E-state index contributed by atoms with van der Waals surface area (Å²) in [6.07, 6.45) is 0. The molecule has 0 aliphatic carbocycles. The molecule has 0 heterocycles. The SMILES string of the molecule is NC(=O)CN(CC(=O)O)C(COC=O)C(=O)O. The van der Waals surface area contributed by atoms with Crippen molar-refractivity contribution in [3.05, 3.63) is 0 Å². The van der Waals surface area contributed by atoms with Crippen molar-refractivity contribution in [1.29, 1.82) is 0 Å². The van der Waals surface area contributed by atoms with Gasteiger partial charge in [0.1, 0.15) is 12.6 Å². The van der Waals surface area contributed by atoms with Crippen LogP contribution in [0.2, 0.25) is 0 Å². The number of rotatable bonds is 9. The summed E-state index contributed by atoms with van der Waals surface area (Å²) in [5.74, 6) is -3.64. The number of carboxylic acids is 2. The third-order valence-electron chi connectivity index (χ3n) is 1.75. The molecule has 0 spiro atoms. The van der Waals surface area contributed by atoms with Gasteiger partial charge in [-0.15, -0.1) is 0 Å². The summed E-state index contributed by atoms with van der Waals surface area (Å²) in [6.45, 7) is -1.81. The van der Waals surface area contributed by atoms with Crippen molar-refractivity contribution in [2.75, 3.05) is 19.7 Å². The second-order valence-corrected chi connectivity index (χ2v) is 3.05. The Morgan fingerprint density at radius 1 is 1.29 bits per heavy atom. The molecule has 0 saturated heterocycles. The van der Waals surface area contributed by atoms with E-state index < -0.39 is 43.6 Å². The quantitative estimate of drug-likeness (QED) is 0.379. The third-order valence-corrected chi connectivity index (χ3v) is 1.75. The molecule has 9 nitrogen and oxygen atoms in total. The van der Waals surface area contributed by atoms with Crippen molar-refractivity contribution in [2.45, 2.75) is 6.04 Å². The average molecular weight is 248 g/mol. The molecule has 0 radical (unpaired) electrons. The summed E-state index contributed by atoms with van der Waals surface area (Å²) in [6, 6.07) is -1.44. The Morgan fingerprint density at radius 3 is 2.24 bits per heavy atom. The Morgan fingerprint density at radius 2 is 1.88 bits per heavy atom. The Labute approximate surface area is 95.7 Å². The summed E-state index contributed by atoms with van der Waals surface area (Å²) >= 11 is 0. The van der Waals surface area contributed by atoms with Gasteiger partial charge in [-0.2, -0.15) is 0 Å². The van der Waals surface area contributed by atoms with E-state index in [-0.39, 0.29) is 6.47 Å². The van der Waals surface area contributed by atoms with E-state index in [0.717, 1.165) is 4.90 Å². The van der Waals surface area contributed by atoms with Crippen LogP contribution < -0.4 is 5.73 Å². The first-order valence-electron chi connectivity index (χ1n) is 4.40. The van der Waals surface area contributed by atoms with Gasteiger partial charge < -0.3 is 20.7 Å². The maximum Gasteiger partial charge on any atom is 0.324 e. The van der Waals surface area contributed by atoms with Gasteiger partial charge in [0.15, 0.2) is 0 Å². The van der Waals surface area contributed by atoms with Gasteiger partial charge in [-0.1, -0.05) is 0 Å². The normalized spacial score (nSPS) is 11.8. The number of carbonyl (C=O) groups excluding carboxylic acids is 2. The standard InChI is InChI=1S/C8H12N2O7/c9-6(12)1-10(2-7(13)14)5(8(15)16)3-17-4-11/h4-5H,1-3H2,(H2,9,12)(H,13,14)(H,15,16).